The highest BCUT2D eigenvalue weighted by Crippen LogP contribution is 2.44. The molecule has 0 amide bonds. The summed E-state index contributed by atoms with van der Waals surface area (Å²) in [5.41, 5.74) is -0.325. The fraction of sp³-hybridized carbons (Fsp3) is 0.333. The lowest BCUT2D eigenvalue weighted by Gasteiger charge is -2.27. The minimum atomic E-state index is -1.21. The smallest absolute Gasteiger partial charge is 0.328 e. The number of esters is 9. The number of carbonyl (C=O) groups is 9. The molecular formula is C51H50F2N2O23. The summed E-state index contributed by atoms with van der Waals surface area (Å²) in [6.45, 7) is -0.227. The first-order valence-electron chi connectivity index (χ1n) is 22.9. The summed E-state index contributed by atoms with van der Waals surface area (Å²) in [6.07, 6.45) is 0. The number of hydrogen-bond donors (Lipinski definition) is 0. The zero-order valence-electron chi connectivity index (χ0n) is 42.6. The van der Waals surface area contributed by atoms with Gasteiger partial charge in [-0.2, -0.15) is 0 Å². The highest BCUT2D eigenvalue weighted by molar-refractivity contribution is 6.03. The molecule has 3 aromatic carbocycles. The summed E-state index contributed by atoms with van der Waals surface area (Å²) >= 11 is 0. The van der Waals surface area contributed by atoms with Crippen LogP contribution in [-0.2, 0) is 85.8 Å². The quantitative estimate of drug-likeness (QED) is 0.0232. The third-order valence-corrected chi connectivity index (χ3v) is 10.2. The van der Waals surface area contributed by atoms with Gasteiger partial charge in [0.25, 0.3) is 0 Å². The Morgan fingerprint density at radius 2 is 0.910 bits per heavy atom. The van der Waals surface area contributed by atoms with E-state index in [2.05, 4.69) is 9.47 Å². The van der Waals surface area contributed by atoms with Crippen molar-refractivity contribution in [2.45, 2.75) is 41.5 Å². The van der Waals surface area contributed by atoms with E-state index in [1.807, 2.05) is 0 Å². The topological polar surface area (TPSA) is 301 Å². The molecule has 416 valence electrons. The van der Waals surface area contributed by atoms with Gasteiger partial charge in [-0.05, 0) is 54.4 Å². The lowest BCUT2D eigenvalue weighted by Crippen LogP contribution is -2.37. The van der Waals surface area contributed by atoms with Gasteiger partial charge in [0.15, 0.2) is 17.4 Å². The number of rotatable bonds is 27. The van der Waals surface area contributed by atoms with Crippen LogP contribution in [-0.4, -0.2) is 127 Å². The molecule has 0 N–H and O–H groups in total. The van der Waals surface area contributed by atoms with Gasteiger partial charge < -0.3 is 71.1 Å². The molecule has 0 saturated heterocycles. The molecule has 1 aliphatic heterocycles. The number of fused-ring (bicyclic) bond motifs is 2. The number of ether oxygens (including phenoxy) is 12. The minimum absolute atomic E-state index is 0.0121. The van der Waals surface area contributed by atoms with E-state index in [4.69, 9.17) is 51.8 Å². The SMILES string of the molecule is CC(=O)OCOC(=O)CN(CC(=O)OCOC(C)=O)c1ccc(C)cc1OCCOc1cc(-c2c3cc(F)c(=O)cc-3oc3cc(OCOC(C)=O)c(F)cc23)ccc1N(CC(=O)OCOC(C)=O)CC(=O)OCOC(C)=O. The largest absolute Gasteiger partial charge is 0.488 e. The van der Waals surface area contributed by atoms with Gasteiger partial charge in [-0.1, -0.05) is 12.1 Å². The Kier molecular flexibility index (Phi) is 21.6. The Morgan fingerprint density at radius 1 is 0.474 bits per heavy atom. The molecule has 5 rings (SSSR count). The third kappa shape index (κ3) is 18.1. The van der Waals surface area contributed by atoms with Gasteiger partial charge in [-0.15, -0.1) is 0 Å². The van der Waals surface area contributed by atoms with Crippen molar-refractivity contribution in [2.75, 3.05) is 83.2 Å². The first-order valence-corrected chi connectivity index (χ1v) is 22.9. The van der Waals surface area contributed by atoms with E-state index in [0.29, 0.717) is 5.56 Å². The van der Waals surface area contributed by atoms with Crippen molar-refractivity contribution >= 4 is 76.1 Å². The predicted molar refractivity (Wildman–Crippen MR) is 259 cm³/mol. The molecule has 0 fully saturated rings. The van der Waals surface area contributed by atoms with Crippen LogP contribution in [0.15, 0.2) is 69.9 Å². The van der Waals surface area contributed by atoms with Crippen molar-refractivity contribution < 1.29 is 113 Å². The maximum Gasteiger partial charge on any atom is 0.328 e. The number of nitrogens with zero attached hydrogens (tertiary/aromatic N) is 2. The number of hydrogen-bond acceptors (Lipinski definition) is 25. The molecule has 0 spiro atoms. The highest BCUT2D eigenvalue weighted by atomic mass is 19.1. The summed E-state index contributed by atoms with van der Waals surface area (Å²) in [5.74, 6) is -10.7. The molecule has 3 aromatic rings. The zero-order chi connectivity index (χ0) is 57.1. The van der Waals surface area contributed by atoms with Crippen LogP contribution < -0.4 is 29.4 Å². The molecule has 0 radical (unpaired) electrons. The number of halogens is 2. The zero-order valence-corrected chi connectivity index (χ0v) is 42.6. The molecule has 1 aliphatic carbocycles. The Labute approximate surface area is 440 Å². The number of benzene rings is 4. The summed E-state index contributed by atoms with van der Waals surface area (Å²) in [5, 5.41) is -0.0121. The molecule has 25 nitrogen and oxygen atoms in total. The molecule has 0 bridgehead atoms. The lowest BCUT2D eigenvalue weighted by molar-refractivity contribution is -0.167. The van der Waals surface area contributed by atoms with Crippen molar-refractivity contribution in [1.29, 1.82) is 0 Å². The second-order valence-electron chi connectivity index (χ2n) is 16.1. The first kappa shape index (κ1) is 59.3. The Bertz CT molecular complexity index is 3020. The average molecular weight is 1100 g/mol. The van der Waals surface area contributed by atoms with Crippen LogP contribution in [0.2, 0.25) is 0 Å². The van der Waals surface area contributed by atoms with Crippen LogP contribution in [0.1, 0.15) is 40.2 Å². The molecular weight excluding hydrogens is 1050 g/mol. The van der Waals surface area contributed by atoms with E-state index >= 15 is 8.78 Å². The molecule has 0 saturated carbocycles. The van der Waals surface area contributed by atoms with E-state index in [-0.39, 0.29) is 62.9 Å². The Morgan fingerprint density at radius 3 is 1.37 bits per heavy atom. The number of carbonyl (C=O) groups excluding carboxylic acids is 9. The monoisotopic (exact) mass is 1100 g/mol. The van der Waals surface area contributed by atoms with Crippen LogP contribution in [0, 0.1) is 18.6 Å². The summed E-state index contributed by atoms with van der Waals surface area (Å²) in [4.78, 5) is 124. The van der Waals surface area contributed by atoms with Crippen LogP contribution in [0.25, 0.3) is 33.4 Å². The van der Waals surface area contributed by atoms with Crippen LogP contribution in [0.4, 0.5) is 20.2 Å². The van der Waals surface area contributed by atoms with Gasteiger partial charge in [-0.25, -0.2) is 8.78 Å². The van der Waals surface area contributed by atoms with E-state index in [0.717, 1.165) is 63.8 Å². The maximum absolute atomic E-state index is 15.9. The maximum atomic E-state index is 15.9. The normalized spacial score (nSPS) is 10.6. The van der Waals surface area contributed by atoms with Gasteiger partial charge in [0.1, 0.15) is 62.2 Å². The number of aryl methyl sites for hydroxylation is 1. The van der Waals surface area contributed by atoms with E-state index < -0.39 is 143 Å². The fourth-order valence-electron chi connectivity index (χ4n) is 6.81. The second kappa shape index (κ2) is 28.4. The van der Waals surface area contributed by atoms with Gasteiger partial charge in [-0.3, -0.25) is 47.9 Å². The van der Waals surface area contributed by atoms with Crippen molar-refractivity contribution in [3.8, 4) is 39.7 Å². The standard InChI is InChI=1S/C51H50F2N2O23/c1-28-7-9-39(54(19-47(62)74-24-69-30(3)57)20-48(63)75-25-70-31(4)58)45(13-28)66-11-12-67-46-14-34(8-10-40(46)55(21-49(64)76-26-71-32(5)59)22-50(65)77-27-72-33(6)60)51-35-15-37(52)41(61)17-42(35)78-43-18-44(38(53)16-36(43)51)73-23-68-29(2)56/h7-10,13-18H,11-12,19-27H2,1-6H3. The fourth-order valence-corrected chi connectivity index (χ4v) is 6.81. The lowest BCUT2D eigenvalue weighted by atomic mass is 9.93. The summed E-state index contributed by atoms with van der Waals surface area (Å²) in [7, 11) is 0. The van der Waals surface area contributed by atoms with E-state index in [1.165, 1.54) is 29.2 Å². The van der Waals surface area contributed by atoms with Crippen LogP contribution in [0.3, 0.4) is 0 Å². The summed E-state index contributed by atoms with van der Waals surface area (Å²) < 4.78 is 98.5. The molecule has 2 aliphatic rings. The van der Waals surface area contributed by atoms with Gasteiger partial charge >= 0.3 is 53.7 Å². The van der Waals surface area contributed by atoms with E-state index in [9.17, 15) is 47.9 Å². The molecule has 78 heavy (non-hydrogen) atoms. The molecule has 0 unspecified atom stereocenters. The Hall–Kier alpha value is -9.56. The number of anilines is 2. The average Bonchev–Trinajstić information content (AvgIpc) is 3.44. The van der Waals surface area contributed by atoms with Crippen molar-refractivity contribution in [2.24, 2.45) is 0 Å². The van der Waals surface area contributed by atoms with Crippen LogP contribution >= 0.6 is 0 Å². The summed E-state index contributed by atoms with van der Waals surface area (Å²) in [6, 6.07) is 12.6. The van der Waals surface area contributed by atoms with Crippen LogP contribution in [0.5, 0.6) is 17.2 Å². The van der Waals surface area contributed by atoms with Gasteiger partial charge in [0.2, 0.25) is 39.4 Å². The predicted octanol–water partition coefficient (Wildman–Crippen LogP) is 4.38. The van der Waals surface area contributed by atoms with Gasteiger partial charge in [0.05, 0.1) is 11.4 Å². The highest BCUT2D eigenvalue weighted by Gasteiger charge is 2.27. The second-order valence-corrected chi connectivity index (χ2v) is 16.1. The Balaban J connectivity index is 1.60. The molecule has 27 heteroatoms. The van der Waals surface area contributed by atoms with Gasteiger partial charge in [0, 0.05) is 63.3 Å². The minimum Gasteiger partial charge on any atom is -0.488 e. The van der Waals surface area contributed by atoms with Crippen molar-refractivity contribution in [1.82, 2.24) is 0 Å². The third-order valence-electron chi connectivity index (χ3n) is 10.2. The molecule has 0 aromatic heterocycles. The van der Waals surface area contributed by atoms with Crippen molar-refractivity contribution in [3.05, 3.63) is 88.1 Å². The van der Waals surface area contributed by atoms with E-state index in [1.54, 1.807) is 19.1 Å². The molecule has 1 heterocycles. The van der Waals surface area contributed by atoms with Crippen molar-refractivity contribution in [3.63, 3.8) is 0 Å². The first-order chi connectivity index (χ1) is 37.1. The molecule has 0 atom stereocenters.